The SMILES string of the molecule is CN(C)n1ncccc1=O. The van der Waals surface area contributed by atoms with Gasteiger partial charge in [-0.05, 0) is 6.07 Å². The van der Waals surface area contributed by atoms with Crippen molar-refractivity contribution in [2.75, 3.05) is 19.1 Å². The third kappa shape index (κ3) is 1.15. The Hall–Kier alpha value is -1.32. The smallest absolute Gasteiger partial charge is 0.286 e. The largest absolute Gasteiger partial charge is 0.299 e. The van der Waals surface area contributed by atoms with Crippen LogP contribution in [0.15, 0.2) is 23.1 Å². The van der Waals surface area contributed by atoms with Gasteiger partial charge in [-0.2, -0.15) is 5.10 Å². The van der Waals surface area contributed by atoms with Gasteiger partial charge in [0.1, 0.15) is 0 Å². The average molecular weight is 139 g/mol. The van der Waals surface area contributed by atoms with Crippen LogP contribution in [0.2, 0.25) is 0 Å². The molecule has 0 atom stereocenters. The molecule has 10 heavy (non-hydrogen) atoms. The molecule has 0 aromatic carbocycles. The van der Waals surface area contributed by atoms with Crippen LogP contribution in [0.25, 0.3) is 0 Å². The minimum Gasteiger partial charge on any atom is -0.299 e. The first-order chi connectivity index (χ1) is 4.72. The van der Waals surface area contributed by atoms with Crippen molar-refractivity contribution in [2.24, 2.45) is 0 Å². The lowest BCUT2D eigenvalue weighted by molar-refractivity contribution is 0.598. The second-order valence-corrected chi connectivity index (χ2v) is 2.10. The van der Waals surface area contributed by atoms with Gasteiger partial charge < -0.3 is 0 Å². The predicted molar refractivity (Wildman–Crippen MR) is 38.6 cm³/mol. The number of hydrogen-bond acceptors (Lipinski definition) is 3. The van der Waals surface area contributed by atoms with Crippen LogP contribution in [0.4, 0.5) is 0 Å². The molecule has 0 N–H and O–H groups in total. The lowest BCUT2D eigenvalue weighted by Crippen LogP contribution is -2.37. The highest BCUT2D eigenvalue weighted by atomic mass is 16.1. The van der Waals surface area contributed by atoms with E-state index in [9.17, 15) is 4.79 Å². The zero-order chi connectivity index (χ0) is 7.56. The van der Waals surface area contributed by atoms with E-state index in [1.165, 1.54) is 10.9 Å². The molecule has 0 radical (unpaired) electrons. The van der Waals surface area contributed by atoms with Crippen molar-refractivity contribution in [1.82, 2.24) is 9.89 Å². The molecule has 0 aliphatic carbocycles. The van der Waals surface area contributed by atoms with E-state index in [2.05, 4.69) is 5.10 Å². The van der Waals surface area contributed by atoms with Gasteiger partial charge in [0.15, 0.2) is 0 Å². The standard InChI is InChI=1S/C6H9N3O/c1-8(2)9-6(10)4-3-5-7-9/h3-5H,1-2H3. The molecule has 4 heteroatoms. The molecule has 0 aliphatic rings. The molecule has 0 unspecified atom stereocenters. The van der Waals surface area contributed by atoms with Crippen molar-refractivity contribution in [3.05, 3.63) is 28.7 Å². The fourth-order valence-corrected chi connectivity index (χ4v) is 0.651. The van der Waals surface area contributed by atoms with Gasteiger partial charge in [-0.1, -0.05) is 0 Å². The zero-order valence-electron chi connectivity index (χ0n) is 5.98. The summed E-state index contributed by atoms with van der Waals surface area (Å²) in [5, 5.41) is 5.42. The summed E-state index contributed by atoms with van der Waals surface area (Å²) in [5.74, 6) is 0. The van der Waals surface area contributed by atoms with Crippen molar-refractivity contribution < 1.29 is 0 Å². The zero-order valence-corrected chi connectivity index (χ0v) is 5.98. The van der Waals surface area contributed by atoms with Crippen molar-refractivity contribution in [2.45, 2.75) is 0 Å². The van der Waals surface area contributed by atoms with Crippen LogP contribution in [-0.2, 0) is 0 Å². The van der Waals surface area contributed by atoms with Gasteiger partial charge >= 0.3 is 0 Å². The highest BCUT2D eigenvalue weighted by molar-refractivity contribution is 4.87. The highest BCUT2D eigenvalue weighted by Crippen LogP contribution is 1.72. The molecular weight excluding hydrogens is 130 g/mol. The first kappa shape index (κ1) is 6.80. The maximum atomic E-state index is 10.9. The van der Waals surface area contributed by atoms with Crippen LogP contribution in [0.1, 0.15) is 0 Å². The molecule has 0 aliphatic heterocycles. The Kier molecular flexibility index (Phi) is 1.71. The summed E-state index contributed by atoms with van der Waals surface area (Å²) in [6.07, 6.45) is 1.57. The Morgan fingerprint density at radius 2 is 2.30 bits per heavy atom. The monoisotopic (exact) mass is 139 g/mol. The summed E-state index contributed by atoms with van der Waals surface area (Å²) in [7, 11) is 3.52. The van der Waals surface area contributed by atoms with Crippen LogP contribution < -0.4 is 10.6 Å². The summed E-state index contributed by atoms with van der Waals surface area (Å²) < 4.78 is 0. The lowest BCUT2D eigenvalue weighted by atomic mass is 10.6. The average Bonchev–Trinajstić information content (AvgIpc) is 1.88. The third-order valence-electron chi connectivity index (χ3n) is 1.08. The molecule has 1 aromatic rings. The number of nitrogens with zero attached hydrogens (tertiary/aromatic N) is 3. The second-order valence-electron chi connectivity index (χ2n) is 2.10. The Morgan fingerprint density at radius 3 is 2.70 bits per heavy atom. The summed E-state index contributed by atoms with van der Waals surface area (Å²) >= 11 is 0. The van der Waals surface area contributed by atoms with Gasteiger partial charge in [0.2, 0.25) is 0 Å². The van der Waals surface area contributed by atoms with Gasteiger partial charge in [0.05, 0.1) is 0 Å². The van der Waals surface area contributed by atoms with E-state index >= 15 is 0 Å². The molecule has 1 aromatic heterocycles. The van der Waals surface area contributed by atoms with E-state index in [4.69, 9.17) is 0 Å². The third-order valence-corrected chi connectivity index (χ3v) is 1.08. The second kappa shape index (κ2) is 2.51. The Morgan fingerprint density at radius 1 is 1.60 bits per heavy atom. The molecule has 0 bridgehead atoms. The lowest BCUT2D eigenvalue weighted by Gasteiger charge is -2.11. The Balaban J connectivity index is 3.16. The summed E-state index contributed by atoms with van der Waals surface area (Å²) in [6.45, 7) is 0. The first-order valence-electron chi connectivity index (χ1n) is 2.94. The number of rotatable bonds is 1. The van der Waals surface area contributed by atoms with E-state index in [-0.39, 0.29) is 5.56 Å². The van der Waals surface area contributed by atoms with Crippen molar-refractivity contribution in [1.29, 1.82) is 0 Å². The molecule has 1 heterocycles. The van der Waals surface area contributed by atoms with Gasteiger partial charge in [-0.25, -0.2) is 0 Å². The molecular formula is C6H9N3O. The van der Waals surface area contributed by atoms with E-state index in [0.717, 1.165) is 0 Å². The number of hydrogen-bond donors (Lipinski definition) is 0. The summed E-state index contributed by atoms with van der Waals surface area (Å²) in [4.78, 5) is 12.2. The molecule has 0 spiro atoms. The predicted octanol–water partition coefficient (Wildman–Crippen LogP) is -0.559. The molecule has 4 nitrogen and oxygen atoms in total. The Labute approximate surface area is 58.7 Å². The topological polar surface area (TPSA) is 38.1 Å². The van der Waals surface area contributed by atoms with Crippen LogP contribution in [0.5, 0.6) is 0 Å². The minimum absolute atomic E-state index is 0.118. The Bertz CT molecular complexity index is 266. The maximum absolute atomic E-state index is 10.9. The first-order valence-corrected chi connectivity index (χ1v) is 2.94. The van der Waals surface area contributed by atoms with Gasteiger partial charge in [0.25, 0.3) is 5.56 Å². The van der Waals surface area contributed by atoms with Crippen molar-refractivity contribution in [3.63, 3.8) is 0 Å². The maximum Gasteiger partial charge on any atom is 0.286 e. The fourth-order valence-electron chi connectivity index (χ4n) is 0.651. The molecule has 1 rings (SSSR count). The molecule has 0 saturated carbocycles. The fraction of sp³-hybridized carbons (Fsp3) is 0.333. The van der Waals surface area contributed by atoms with E-state index in [0.29, 0.717) is 0 Å². The van der Waals surface area contributed by atoms with E-state index in [1.54, 1.807) is 31.4 Å². The molecule has 0 amide bonds. The summed E-state index contributed by atoms with van der Waals surface area (Å²) in [5.41, 5.74) is -0.118. The summed E-state index contributed by atoms with van der Waals surface area (Å²) in [6, 6.07) is 3.08. The van der Waals surface area contributed by atoms with Crippen LogP contribution in [0.3, 0.4) is 0 Å². The van der Waals surface area contributed by atoms with Crippen LogP contribution in [0, 0.1) is 0 Å². The van der Waals surface area contributed by atoms with Crippen molar-refractivity contribution in [3.8, 4) is 0 Å². The minimum atomic E-state index is -0.118. The molecule has 54 valence electrons. The van der Waals surface area contributed by atoms with Crippen LogP contribution in [-0.4, -0.2) is 24.0 Å². The van der Waals surface area contributed by atoms with E-state index in [1.807, 2.05) is 0 Å². The van der Waals surface area contributed by atoms with Gasteiger partial charge in [0, 0.05) is 26.4 Å². The quantitative estimate of drug-likeness (QED) is 0.523. The van der Waals surface area contributed by atoms with E-state index < -0.39 is 0 Å². The molecule has 0 saturated heterocycles. The highest BCUT2D eigenvalue weighted by Gasteiger charge is 1.93. The van der Waals surface area contributed by atoms with Gasteiger partial charge in [-0.3, -0.25) is 9.80 Å². The normalized spacial score (nSPS) is 9.40. The number of aromatic nitrogens is 2. The van der Waals surface area contributed by atoms with Crippen molar-refractivity contribution >= 4 is 0 Å². The van der Waals surface area contributed by atoms with Gasteiger partial charge in [-0.15, -0.1) is 4.79 Å². The van der Waals surface area contributed by atoms with Crippen LogP contribution >= 0.6 is 0 Å². The molecule has 0 fully saturated rings.